The van der Waals surface area contributed by atoms with Crippen molar-refractivity contribution in [1.82, 2.24) is 18.9 Å². The van der Waals surface area contributed by atoms with Gasteiger partial charge < -0.3 is 4.40 Å². The molecule has 0 saturated carbocycles. The van der Waals surface area contributed by atoms with Gasteiger partial charge in [-0.25, -0.2) is 14.4 Å². The molecule has 0 aliphatic heterocycles. The molecule has 6 heteroatoms. The molecule has 0 N–H and O–H groups in total. The quantitative estimate of drug-likeness (QED) is 0.572. The molecule has 114 valence electrons. The summed E-state index contributed by atoms with van der Waals surface area (Å²) in [6.45, 7) is 2.29. The summed E-state index contributed by atoms with van der Waals surface area (Å²) in [6, 6.07) is 8.35. The maximum atomic E-state index is 13.7. The van der Waals surface area contributed by atoms with Crippen LogP contribution in [0.4, 0.5) is 4.39 Å². The van der Waals surface area contributed by atoms with E-state index in [4.69, 9.17) is 0 Å². The molecular formula is C17H13FN4O. The Kier molecular flexibility index (Phi) is 2.97. The first-order valence-electron chi connectivity index (χ1n) is 7.20. The summed E-state index contributed by atoms with van der Waals surface area (Å²) >= 11 is 0. The third kappa shape index (κ3) is 2.28. The number of nitrogens with zero attached hydrogens (tertiary/aromatic N) is 4. The highest BCUT2D eigenvalue weighted by atomic mass is 19.1. The van der Waals surface area contributed by atoms with Crippen LogP contribution in [0.25, 0.3) is 16.6 Å². The molecule has 0 aliphatic rings. The highest BCUT2D eigenvalue weighted by molar-refractivity contribution is 5.77. The van der Waals surface area contributed by atoms with Crippen molar-refractivity contribution in [3.8, 4) is 0 Å². The van der Waals surface area contributed by atoms with Crippen molar-refractivity contribution in [2.24, 2.45) is 0 Å². The normalized spacial score (nSPS) is 11.4. The van der Waals surface area contributed by atoms with Crippen molar-refractivity contribution in [3.05, 3.63) is 76.5 Å². The van der Waals surface area contributed by atoms with E-state index in [-0.39, 0.29) is 16.5 Å². The molecule has 5 nitrogen and oxygen atoms in total. The van der Waals surface area contributed by atoms with Crippen molar-refractivity contribution in [3.63, 3.8) is 0 Å². The van der Waals surface area contributed by atoms with Crippen LogP contribution in [-0.4, -0.2) is 18.9 Å². The van der Waals surface area contributed by atoms with Gasteiger partial charge in [0.25, 0.3) is 5.56 Å². The summed E-state index contributed by atoms with van der Waals surface area (Å²) in [5.41, 5.74) is 2.51. The molecule has 0 unspecified atom stereocenters. The molecule has 4 aromatic rings. The number of fused-ring (bicyclic) bond motifs is 2. The third-order valence-corrected chi connectivity index (χ3v) is 3.80. The van der Waals surface area contributed by atoms with Crippen molar-refractivity contribution >= 4 is 16.6 Å². The fourth-order valence-electron chi connectivity index (χ4n) is 2.65. The average Bonchev–Trinajstić information content (AvgIpc) is 2.92. The van der Waals surface area contributed by atoms with Crippen LogP contribution in [0.3, 0.4) is 0 Å². The third-order valence-electron chi connectivity index (χ3n) is 3.80. The van der Waals surface area contributed by atoms with Gasteiger partial charge >= 0.3 is 0 Å². The minimum absolute atomic E-state index is 0.0966. The lowest BCUT2D eigenvalue weighted by Gasteiger charge is -2.04. The monoisotopic (exact) mass is 308 g/mol. The van der Waals surface area contributed by atoms with E-state index in [9.17, 15) is 9.18 Å². The summed E-state index contributed by atoms with van der Waals surface area (Å²) in [5, 5.41) is 0.270. The number of aryl methyl sites for hydroxylation is 1. The van der Waals surface area contributed by atoms with Crippen LogP contribution < -0.4 is 5.56 Å². The summed E-state index contributed by atoms with van der Waals surface area (Å²) in [6.07, 6.45) is 5.16. The van der Waals surface area contributed by atoms with Crippen molar-refractivity contribution in [2.45, 2.75) is 13.5 Å². The number of hydrogen-bond acceptors (Lipinski definition) is 3. The standard InChI is InChI=1S/C17H13FN4O/c1-11-5-6-21-8-12(20-15(21)7-11)9-22-10-19-16-13(17(22)23)3-2-4-14(16)18/h2-8,10H,9H2,1H3. The van der Waals surface area contributed by atoms with Crippen molar-refractivity contribution in [1.29, 1.82) is 0 Å². The van der Waals surface area contributed by atoms with Crippen molar-refractivity contribution in [2.75, 3.05) is 0 Å². The molecule has 3 aromatic heterocycles. The molecule has 0 fully saturated rings. The van der Waals surface area contributed by atoms with Gasteiger partial charge in [-0.2, -0.15) is 0 Å². The number of aromatic nitrogens is 4. The van der Waals surface area contributed by atoms with Crippen LogP contribution in [0.2, 0.25) is 0 Å². The van der Waals surface area contributed by atoms with E-state index >= 15 is 0 Å². The Hall–Kier alpha value is -3.02. The second kappa shape index (κ2) is 5.01. The van der Waals surface area contributed by atoms with E-state index in [1.165, 1.54) is 23.0 Å². The van der Waals surface area contributed by atoms with Crippen LogP contribution in [0.1, 0.15) is 11.3 Å². The van der Waals surface area contributed by atoms with Crippen LogP contribution >= 0.6 is 0 Å². The highest BCUT2D eigenvalue weighted by Gasteiger charge is 2.09. The minimum Gasteiger partial charge on any atom is -0.307 e. The van der Waals surface area contributed by atoms with Gasteiger partial charge in [0.05, 0.1) is 24.0 Å². The molecule has 3 heterocycles. The zero-order valence-corrected chi connectivity index (χ0v) is 12.4. The number of hydrogen-bond donors (Lipinski definition) is 0. The lowest BCUT2D eigenvalue weighted by molar-refractivity contribution is 0.634. The Morgan fingerprint density at radius 2 is 2.13 bits per heavy atom. The molecule has 1 aromatic carbocycles. The molecule has 0 saturated heterocycles. The van der Waals surface area contributed by atoms with Crippen LogP contribution in [-0.2, 0) is 6.54 Å². The second-order valence-corrected chi connectivity index (χ2v) is 5.52. The lowest BCUT2D eigenvalue weighted by Crippen LogP contribution is -2.21. The van der Waals surface area contributed by atoms with Crippen molar-refractivity contribution < 1.29 is 4.39 Å². The largest absolute Gasteiger partial charge is 0.307 e. The predicted molar refractivity (Wildman–Crippen MR) is 85.0 cm³/mol. The second-order valence-electron chi connectivity index (χ2n) is 5.52. The topological polar surface area (TPSA) is 52.2 Å². The maximum absolute atomic E-state index is 13.7. The molecule has 0 aliphatic carbocycles. The summed E-state index contributed by atoms with van der Waals surface area (Å²) in [5.74, 6) is -0.491. The van der Waals surface area contributed by atoms with Crippen LogP contribution in [0.15, 0.2) is 53.8 Å². The predicted octanol–water partition coefficient (Wildman–Crippen LogP) is 2.54. The SMILES string of the molecule is Cc1ccn2cc(Cn3cnc4c(F)cccc4c3=O)nc2c1. The highest BCUT2D eigenvalue weighted by Crippen LogP contribution is 2.12. The number of para-hydroxylation sites is 1. The molecule has 0 radical (unpaired) electrons. The fourth-order valence-corrected chi connectivity index (χ4v) is 2.65. The van der Waals surface area contributed by atoms with Gasteiger partial charge in [0, 0.05) is 12.4 Å². The first-order valence-corrected chi connectivity index (χ1v) is 7.20. The van der Waals surface area contributed by atoms with Gasteiger partial charge in [0.2, 0.25) is 0 Å². The lowest BCUT2D eigenvalue weighted by atomic mass is 10.2. The Morgan fingerprint density at radius 3 is 3.00 bits per heavy atom. The van der Waals surface area contributed by atoms with Crippen LogP contribution in [0.5, 0.6) is 0 Å². The van der Waals surface area contributed by atoms with E-state index in [0.717, 1.165) is 16.9 Å². The Labute approximate surface area is 130 Å². The smallest absolute Gasteiger partial charge is 0.261 e. The van der Waals surface area contributed by atoms with Crippen LogP contribution in [0, 0.1) is 12.7 Å². The Balaban J connectivity index is 1.79. The average molecular weight is 308 g/mol. The summed E-state index contributed by atoms with van der Waals surface area (Å²) in [4.78, 5) is 21.0. The Bertz CT molecular complexity index is 1100. The van der Waals surface area contributed by atoms with E-state index in [2.05, 4.69) is 9.97 Å². The molecule has 0 spiro atoms. The van der Waals surface area contributed by atoms with E-state index < -0.39 is 5.82 Å². The number of pyridine rings is 1. The van der Waals surface area contributed by atoms with Gasteiger partial charge in [0.15, 0.2) is 0 Å². The molecule has 4 rings (SSSR count). The van der Waals surface area contributed by atoms with Gasteiger partial charge in [-0.05, 0) is 36.8 Å². The van der Waals surface area contributed by atoms with E-state index in [1.54, 1.807) is 6.07 Å². The zero-order chi connectivity index (χ0) is 16.0. The van der Waals surface area contributed by atoms with Gasteiger partial charge in [0.1, 0.15) is 17.0 Å². The first kappa shape index (κ1) is 13.6. The zero-order valence-electron chi connectivity index (χ0n) is 12.4. The molecule has 0 atom stereocenters. The number of benzene rings is 1. The fraction of sp³-hybridized carbons (Fsp3) is 0.118. The molecule has 0 bridgehead atoms. The summed E-state index contributed by atoms with van der Waals surface area (Å²) in [7, 11) is 0. The number of rotatable bonds is 2. The number of halogens is 1. The summed E-state index contributed by atoms with van der Waals surface area (Å²) < 4.78 is 17.0. The van der Waals surface area contributed by atoms with Gasteiger partial charge in [-0.1, -0.05) is 6.07 Å². The Morgan fingerprint density at radius 1 is 1.26 bits per heavy atom. The minimum atomic E-state index is -0.491. The first-order chi connectivity index (χ1) is 11.1. The molecule has 0 amide bonds. The molecule has 23 heavy (non-hydrogen) atoms. The number of imidazole rings is 1. The van der Waals surface area contributed by atoms with E-state index in [0.29, 0.717) is 6.54 Å². The maximum Gasteiger partial charge on any atom is 0.261 e. The molecular weight excluding hydrogens is 295 g/mol. The van der Waals surface area contributed by atoms with E-state index in [1.807, 2.05) is 35.9 Å². The van der Waals surface area contributed by atoms with Gasteiger partial charge in [-0.15, -0.1) is 0 Å². The van der Waals surface area contributed by atoms with Gasteiger partial charge in [-0.3, -0.25) is 9.36 Å².